The molecule has 4 N–H and O–H groups in total. The van der Waals surface area contributed by atoms with Gasteiger partial charge in [-0.3, -0.25) is 14.5 Å². The number of amides is 4. The number of nitrogens with one attached hydrogen (secondary N) is 3. The number of terminal acetylenes is 1. The predicted octanol–water partition coefficient (Wildman–Crippen LogP) is 5.07. The largest absolute Gasteiger partial charge is 0.507 e. The fraction of sp³-hybridized carbons (Fsp3) is 0.596. The number of likely N-dealkylation sites (tertiary alicyclic amines) is 4. The highest BCUT2D eigenvalue weighted by Crippen LogP contribution is 2.34. The van der Waals surface area contributed by atoms with Crippen molar-refractivity contribution in [3.63, 3.8) is 0 Å². The third-order valence-electron chi connectivity index (χ3n) is 15.1. The van der Waals surface area contributed by atoms with Crippen LogP contribution in [0.2, 0.25) is 0 Å². The number of urea groups is 1. The van der Waals surface area contributed by atoms with Crippen molar-refractivity contribution < 1.29 is 19.5 Å². The van der Waals surface area contributed by atoms with Gasteiger partial charge in [0.05, 0.1) is 11.4 Å². The molecule has 15 nitrogen and oxygen atoms in total. The van der Waals surface area contributed by atoms with E-state index in [0.717, 1.165) is 101 Å². The second-order valence-electron chi connectivity index (χ2n) is 20.5. The number of piperazine rings is 1. The molecule has 0 aliphatic carbocycles. The summed E-state index contributed by atoms with van der Waals surface area (Å²) in [6.07, 6.45) is 13.6. The molecule has 1 aromatic heterocycles. The highest BCUT2D eigenvalue weighted by Gasteiger charge is 2.43. The van der Waals surface area contributed by atoms with Crippen molar-refractivity contribution in [3.05, 3.63) is 65.7 Å². The van der Waals surface area contributed by atoms with E-state index in [1.54, 1.807) is 11.0 Å². The van der Waals surface area contributed by atoms with Crippen LogP contribution in [0.3, 0.4) is 0 Å². The number of aromatic nitrogens is 2. The molecule has 360 valence electrons. The van der Waals surface area contributed by atoms with Crippen LogP contribution in [0.25, 0.3) is 11.3 Å². The second kappa shape index (κ2) is 21.7. The second-order valence-corrected chi connectivity index (χ2v) is 20.5. The molecule has 5 aliphatic rings. The average molecular weight is 916 g/mol. The van der Waals surface area contributed by atoms with Crippen molar-refractivity contribution in [2.75, 3.05) is 95.8 Å². The minimum Gasteiger partial charge on any atom is -0.507 e. The maximum atomic E-state index is 14.2. The van der Waals surface area contributed by atoms with Gasteiger partial charge in [-0.05, 0) is 125 Å². The van der Waals surface area contributed by atoms with Gasteiger partial charge in [-0.2, -0.15) is 0 Å². The molecule has 4 amide bonds. The third-order valence-corrected chi connectivity index (χ3v) is 15.1. The fourth-order valence-corrected chi connectivity index (χ4v) is 11.2. The van der Waals surface area contributed by atoms with Crippen LogP contribution in [0.15, 0.2) is 54.6 Å². The van der Waals surface area contributed by atoms with E-state index in [4.69, 9.17) is 6.42 Å². The Bertz CT molecular complexity index is 2200. The minimum absolute atomic E-state index is 0.175. The zero-order chi connectivity index (χ0) is 47.1. The maximum Gasteiger partial charge on any atom is 0.318 e. The number of carbonyl (C=O) groups excluding carboxylic acids is 3. The number of piperidine rings is 3. The Hall–Kier alpha value is -5.43. The first-order valence-electron chi connectivity index (χ1n) is 24.9. The lowest BCUT2D eigenvalue weighted by molar-refractivity contribution is -0.141. The van der Waals surface area contributed by atoms with Crippen molar-refractivity contribution >= 4 is 29.4 Å². The normalized spacial score (nSPS) is 22.3. The molecule has 67 heavy (non-hydrogen) atoms. The molecule has 0 radical (unpaired) electrons. The standard InChI is InChI=1S/C52H73N11O4/c1-6-37-15-17-38(18-16-37)34-54-49(65)44-13-10-24-63(44)50(66)47(52(2,3)4)55-51(67)62-23-9-11-39(36-62)35-58-25-19-40(20-26-58)59-27-21-41(22-28-59)60-29-31-61(32-30-60)45-33-43(56-57-48(45)53-5)42-12-7-8-14-46(42)64/h1,7-8,12,14-18,33,39-41,44,47,64H,9-11,13,19-32,34-36H2,2-5H3,(H,53,57)(H,54,65)(H,55,67). The molecule has 6 heterocycles. The van der Waals surface area contributed by atoms with Crippen LogP contribution < -0.4 is 20.9 Å². The lowest BCUT2D eigenvalue weighted by Gasteiger charge is -2.46. The summed E-state index contributed by atoms with van der Waals surface area (Å²) in [5, 5.41) is 28.7. The van der Waals surface area contributed by atoms with E-state index in [1.165, 1.54) is 25.7 Å². The Labute approximate surface area is 398 Å². The van der Waals surface area contributed by atoms with Crippen LogP contribution in [-0.4, -0.2) is 167 Å². The lowest BCUT2D eigenvalue weighted by Crippen LogP contribution is -2.60. The van der Waals surface area contributed by atoms with Crippen molar-refractivity contribution in [2.45, 2.75) is 103 Å². The predicted molar refractivity (Wildman–Crippen MR) is 264 cm³/mol. The average Bonchev–Trinajstić information content (AvgIpc) is 3.86. The number of phenolic OH excluding ortho intramolecular Hbond substituents is 1. The zero-order valence-corrected chi connectivity index (χ0v) is 40.3. The Morgan fingerprint density at radius 2 is 1.49 bits per heavy atom. The molecular formula is C52H73N11O4. The molecule has 0 spiro atoms. The first kappa shape index (κ1) is 48.0. The van der Waals surface area contributed by atoms with Crippen LogP contribution >= 0.6 is 0 Å². The van der Waals surface area contributed by atoms with E-state index in [0.29, 0.717) is 61.9 Å². The van der Waals surface area contributed by atoms with Crippen molar-refractivity contribution in [2.24, 2.45) is 11.3 Å². The molecule has 3 aromatic rings. The van der Waals surface area contributed by atoms with Gasteiger partial charge in [0, 0.05) is 89.2 Å². The van der Waals surface area contributed by atoms with E-state index in [-0.39, 0.29) is 23.6 Å². The van der Waals surface area contributed by atoms with Gasteiger partial charge in [0.2, 0.25) is 11.8 Å². The number of anilines is 2. The van der Waals surface area contributed by atoms with E-state index in [9.17, 15) is 19.5 Å². The number of hydrogen-bond acceptors (Lipinski definition) is 11. The number of hydrogen-bond donors (Lipinski definition) is 4. The zero-order valence-electron chi connectivity index (χ0n) is 40.3. The molecule has 2 aromatic carbocycles. The van der Waals surface area contributed by atoms with Gasteiger partial charge < -0.3 is 45.6 Å². The summed E-state index contributed by atoms with van der Waals surface area (Å²) < 4.78 is 0. The van der Waals surface area contributed by atoms with Crippen LogP contribution in [0.4, 0.5) is 16.3 Å². The molecule has 3 atom stereocenters. The Morgan fingerprint density at radius 3 is 2.16 bits per heavy atom. The number of nitrogens with zero attached hydrogens (tertiary/aromatic N) is 8. The molecule has 3 unspecified atom stereocenters. The van der Waals surface area contributed by atoms with Gasteiger partial charge in [0.25, 0.3) is 0 Å². The van der Waals surface area contributed by atoms with Crippen molar-refractivity contribution in [1.29, 1.82) is 0 Å². The first-order chi connectivity index (χ1) is 32.4. The van der Waals surface area contributed by atoms with E-state index >= 15 is 0 Å². The van der Waals surface area contributed by atoms with Gasteiger partial charge in [-0.15, -0.1) is 16.6 Å². The topological polar surface area (TPSA) is 153 Å². The van der Waals surface area contributed by atoms with Gasteiger partial charge in [-0.1, -0.05) is 51.0 Å². The molecule has 5 saturated heterocycles. The summed E-state index contributed by atoms with van der Waals surface area (Å²) in [5.74, 6) is 3.60. The minimum atomic E-state index is -0.756. The number of phenols is 1. The van der Waals surface area contributed by atoms with Crippen LogP contribution in [-0.2, 0) is 16.1 Å². The van der Waals surface area contributed by atoms with Crippen LogP contribution in [0, 0.1) is 23.7 Å². The summed E-state index contributed by atoms with van der Waals surface area (Å²) in [6, 6.07) is 16.6. The Kier molecular flexibility index (Phi) is 15.5. The molecule has 0 bridgehead atoms. The van der Waals surface area contributed by atoms with E-state index < -0.39 is 17.5 Å². The smallest absolute Gasteiger partial charge is 0.318 e. The van der Waals surface area contributed by atoms with Gasteiger partial charge in [0.1, 0.15) is 17.8 Å². The SMILES string of the molecule is C#Cc1ccc(CNC(=O)C2CCCN2C(=O)C(NC(=O)N2CCCC(CN3CCC(N4CCC(N5CCN(c6cc(-c7ccccc7O)nnc6NC)CC5)CC4)CC3)C2)C(C)(C)C)cc1. The highest BCUT2D eigenvalue weighted by molar-refractivity contribution is 5.93. The number of benzene rings is 2. The number of carbonyl (C=O) groups is 3. The van der Waals surface area contributed by atoms with E-state index in [2.05, 4.69) is 51.7 Å². The van der Waals surface area contributed by atoms with Crippen molar-refractivity contribution in [3.8, 4) is 29.4 Å². The Morgan fingerprint density at radius 1 is 0.821 bits per heavy atom. The molecular weight excluding hydrogens is 843 g/mol. The number of para-hydroxylation sites is 1. The summed E-state index contributed by atoms with van der Waals surface area (Å²) in [7, 11) is 1.88. The summed E-state index contributed by atoms with van der Waals surface area (Å²) in [4.78, 5) is 55.6. The fourth-order valence-electron chi connectivity index (χ4n) is 11.2. The van der Waals surface area contributed by atoms with Gasteiger partial charge in [0.15, 0.2) is 5.82 Å². The van der Waals surface area contributed by atoms with E-state index in [1.807, 2.05) is 81.2 Å². The lowest BCUT2D eigenvalue weighted by atomic mass is 9.85. The quantitative estimate of drug-likeness (QED) is 0.181. The van der Waals surface area contributed by atoms with Crippen LogP contribution in [0.5, 0.6) is 5.75 Å². The summed E-state index contributed by atoms with van der Waals surface area (Å²) >= 11 is 0. The molecule has 0 saturated carbocycles. The van der Waals surface area contributed by atoms with Crippen molar-refractivity contribution in [1.82, 2.24) is 45.3 Å². The van der Waals surface area contributed by atoms with Gasteiger partial charge >= 0.3 is 6.03 Å². The molecule has 5 fully saturated rings. The molecule has 5 aliphatic heterocycles. The van der Waals surface area contributed by atoms with Gasteiger partial charge in [-0.25, -0.2) is 4.79 Å². The monoisotopic (exact) mass is 916 g/mol. The molecule has 15 heteroatoms. The summed E-state index contributed by atoms with van der Waals surface area (Å²) in [5.41, 5.74) is 3.57. The number of aromatic hydroxyl groups is 1. The molecule has 8 rings (SSSR count). The van der Waals surface area contributed by atoms with Crippen LogP contribution in [0.1, 0.15) is 83.3 Å². The third kappa shape index (κ3) is 11.6. The Balaban J connectivity index is 0.760. The first-order valence-corrected chi connectivity index (χ1v) is 24.9. The maximum absolute atomic E-state index is 14.2. The summed E-state index contributed by atoms with van der Waals surface area (Å²) in [6.45, 7) is 17.5. The highest BCUT2D eigenvalue weighted by atomic mass is 16.3. The number of rotatable bonds is 12.